The van der Waals surface area contributed by atoms with Gasteiger partial charge in [0.1, 0.15) is 0 Å². The van der Waals surface area contributed by atoms with Crippen LogP contribution in [-0.2, 0) is 6.42 Å². The van der Waals surface area contributed by atoms with Crippen molar-refractivity contribution in [3.8, 4) is 0 Å². The number of nitrogen functional groups attached to an aromatic ring is 1. The summed E-state index contributed by atoms with van der Waals surface area (Å²) < 4.78 is 0. The molecule has 0 heterocycles. The molecule has 84 valence electrons. The zero-order valence-electron chi connectivity index (χ0n) is 10.0. The van der Waals surface area contributed by atoms with E-state index in [1.54, 1.807) is 0 Å². The molecular weight excluding hydrogens is 184 g/mol. The van der Waals surface area contributed by atoms with E-state index in [2.05, 4.69) is 37.9 Å². The molecule has 2 N–H and O–H groups in total. The normalized spacial score (nSPS) is 13.1. The van der Waals surface area contributed by atoms with Crippen molar-refractivity contribution in [2.24, 2.45) is 0 Å². The lowest BCUT2D eigenvalue weighted by Gasteiger charge is -2.23. The molecule has 0 saturated carbocycles. The van der Waals surface area contributed by atoms with Gasteiger partial charge in [-0.15, -0.1) is 0 Å². The minimum atomic E-state index is 0.666. The first-order valence-electron chi connectivity index (χ1n) is 5.68. The van der Waals surface area contributed by atoms with Gasteiger partial charge in [0.2, 0.25) is 0 Å². The molecule has 15 heavy (non-hydrogen) atoms. The molecule has 0 aliphatic carbocycles. The molecule has 0 bridgehead atoms. The number of rotatable bonds is 5. The van der Waals surface area contributed by atoms with E-state index in [0.29, 0.717) is 6.04 Å². The molecular formula is C13H22N2. The van der Waals surface area contributed by atoms with Crippen LogP contribution in [0.25, 0.3) is 0 Å². The Morgan fingerprint density at radius 2 is 1.87 bits per heavy atom. The summed E-state index contributed by atoms with van der Waals surface area (Å²) in [5, 5.41) is 0. The monoisotopic (exact) mass is 206 g/mol. The van der Waals surface area contributed by atoms with Crippen molar-refractivity contribution in [3.63, 3.8) is 0 Å². The first-order chi connectivity index (χ1) is 7.13. The van der Waals surface area contributed by atoms with E-state index in [0.717, 1.165) is 18.7 Å². The molecule has 1 aromatic carbocycles. The SMILES string of the molecule is CCC(C)N(C)CCc1ccc(N)cc1. The third-order valence-electron chi connectivity index (χ3n) is 3.08. The number of benzene rings is 1. The number of nitrogens with zero attached hydrogens (tertiary/aromatic N) is 1. The molecule has 0 spiro atoms. The Bertz CT molecular complexity index is 279. The van der Waals surface area contributed by atoms with Gasteiger partial charge in [0.05, 0.1) is 0 Å². The van der Waals surface area contributed by atoms with Gasteiger partial charge in [-0.05, 0) is 44.5 Å². The fourth-order valence-electron chi connectivity index (χ4n) is 1.52. The Morgan fingerprint density at radius 3 is 2.40 bits per heavy atom. The van der Waals surface area contributed by atoms with Crippen LogP contribution in [0.4, 0.5) is 5.69 Å². The lowest BCUT2D eigenvalue weighted by Crippen LogP contribution is -2.30. The molecule has 2 heteroatoms. The van der Waals surface area contributed by atoms with Gasteiger partial charge < -0.3 is 10.6 Å². The highest BCUT2D eigenvalue weighted by atomic mass is 15.1. The summed E-state index contributed by atoms with van der Waals surface area (Å²) in [6.45, 7) is 5.60. The maximum Gasteiger partial charge on any atom is 0.0314 e. The summed E-state index contributed by atoms with van der Waals surface area (Å²) in [7, 11) is 2.19. The van der Waals surface area contributed by atoms with Crippen LogP contribution in [0.5, 0.6) is 0 Å². The zero-order chi connectivity index (χ0) is 11.3. The van der Waals surface area contributed by atoms with E-state index in [1.165, 1.54) is 12.0 Å². The van der Waals surface area contributed by atoms with Crippen molar-refractivity contribution in [1.82, 2.24) is 4.90 Å². The number of nitrogens with two attached hydrogens (primary N) is 1. The van der Waals surface area contributed by atoms with Crippen molar-refractivity contribution < 1.29 is 0 Å². The Labute approximate surface area is 93.1 Å². The van der Waals surface area contributed by atoms with Crippen LogP contribution in [0.2, 0.25) is 0 Å². The number of hydrogen-bond acceptors (Lipinski definition) is 2. The largest absolute Gasteiger partial charge is 0.399 e. The standard InChI is InChI=1S/C13H22N2/c1-4-11(2)15(3)10-9-12-5-7-13(14)8-6-12/h5-8,11H,4,9-10,14H2,1-3H3. The molecule has 0 radical (unpaired) electrons. The summed E-state index contributed by atoms with van der Waals surface area (Å²) in [5.74, 6) is 0. The van der Waals surface area contributed by atoms with Gasteiger partial charge in [0.15, 0.2) is 0 Å². The quantitative estimate of drug-likeness (QED) is 0.750. The molecule has 0 aliphatic rings. The van der Waals surface area contributed by atoms with Crippen LogP contribution in [0.1, 0.15) is 25.8 Å². The van der Waals surface area contributed by atoms with Gasteiger partial charge in [-0.1, -0.05) is 19.1 Å². The van der Waals surface area contributed by atoms with E-state index in [-0.39, 0.29) is 0 Å². The Hall–Kier alpha value is -1.02. The van der Waals surface area contributed by atoms with E-state index in [9.17, 15) is 0 Å². The van der Waals surface area contributed by atoms with Crippen molar-refractivity contribution in [2.75, 3.05) is 19.3 Å². The minimum absolute atomic E-state index is 0.666. The third kappa shape index (κ3) is 3.92. The summed E-state index contributed by atoms with van der Waals surface area (Å²) in [4.78, 5) is 2.40. The van der Waals surface area contributed by atoms with Crippen LogP contribution >= 0.6 is 0 Å². The molecule has 1 atom stereocenters. The van der Waals surface area contributed by atoms with Crippen molar-refractivity contribution in [2.45, 2.75) is 32.7 Å². The fraction of sp³-hybridized carbons (Fsp3) is 0.538. The summed E-state index contributed by atoms with van der Waals surface area (Å²) in [6, 6.07) is 8.83. The van der Waals surface area contributed by atoms with Crippen molar-refractivity contribution in [3.05, 3.63) is 29.8 Å². The second-order valence-corrected chi connectivity index (χ2v) is 4.23. The van der Waals surface area contributed by atoms with E-state index in [4.69, 9.17) is 5.73 Å². The number of hydrogen-bond donors (Lipinski definition) is 1. The Kier molecular flexibility index (Phi) is 4.63. The molecule has 0 fully saturated rings. The topological polar surface area (TPSA) is 29.3 Å². The average molecular weight is 206 g/mol. The van der Waals surface area contributed by atoms with E-state index in [1.807, 2.05) is 12.1 Å². The lowest BCUT2D eigenvalue weighted by atomic mass is 10.1. The molecule has 1 aromatic rings. The predicted octanol–water partition coefficient (Wildman–Crippen LogP) is 2.54. The highest BCUT2D eigenvalue weighted by molar-refractivity contribution is 5.39. The molecule has 1 unspecified atom stereocenters. The summed E-state index contributed by atoms with van der Waals surface area (Å²) in [6.07, 6.45) is 2.30. The molecule has 0 aromatic heterocycles. The van der Waals surface area contributed by atoms with Gasteiger partial charge in [-0.25, -0.2) is 0 Å². The van der Waals surface area contributed by atoms with Crippen LogP contribution < -0.4 is 5.73 Å². The predicted molar refractivity (Wildman–Crippen MR) is 66.9 cm³/mol. The van der Waals surface area contributed by atoms with E-state index >= 15 is 0 Å². The highest BCUT2D eigenvalue weighted by Crippen LogP contribution is 2.08. The van der Waals surface area contributed by atoms with Crippen LogP contribution in [0.15, 0.2) is 24.3 Å². The van der Waals surface area contributed by atoms with Gasteiger partial charge in [0.25, 0.3) is 0 Å². The summed E-state index contributed by atoms with van der Waals surface area (Å²) >= 11 is 0. The second kappa shape index (κ2) is 5.76. The maximum absolute atomic E-state index is 5.64. The lowest BCUT2D eigenvalue weighted by molar-refractivity contribution is 0.255. The molecule has 0 amide bonds. The number of likely N-dealkylation sites (N-methyl/N-ethyl adjacent to an activating group) is 1. The second-order valence-electron chi connectivity index (χ2n) is 4.23. The maximum atomic E-state index is 5.64. The van der Waals surface area contributed by atoms with Crippen molar-refractivity contribution in [1.29, 1.82) is 0 Å². The van der Waals surface area contributed by atoms with Crippen LogP contribution in [0.3, 0.4) is 0 Å². The van der Waals surface area contributed by atoms with Gasteiger partial charge in [-0.2, -0.15) is 0 Å². The smallest absolute Gasteiger partial charge is 0.0314 e. The third-order valence-corrected chi connectivity index (χ3v) is 3.08. The zero-order valence-corrected chi connectivity index (χ0v) is 10.0. The number of anilines is 1. The van der Waals surface area contributed by atoms with Crippen LogP contribution in [0, 0.1) is 0 Å². The highest BCUT2D eigenvalue weighted by Gasteiger charge is 2.05. The van der Waals surface area contributed by atoms with Gasteiger partial charge >= 0.3 is 0 Å². The van der Waals surface area contributed by atoms with Gasteiger partial charge in [0, 0.05) is 18.3 Å². The Morgan fingerprint density at radius 1 is 1.27 bits per heavy atom. The fourth-order valence-corrected chi connectivity index (χ4v) is 1.52. The molecule has 2 nitrogen and oxygen atoms in total. The van der Waals surface area contributed by atoms with Crippen LogP contribution in [-0.4, -0.2) is 24.5 Å². The molecule has 0 saturated heterocycles. The average Bonchev–Trinajstić information content (AvgIpc) is 2.26. The summed E-state index contributed by atoms with van der Waals surface area (Å²) in [5.41, 5.74) is 7.84. The minimum Gasteiger partial charge on any atom is -0.399 e. The first-order valence-corrected chi connectivity index (χ1v) is 5.68. The Balaban J connectivity index is 2.40. The van der Waals surface area contributed by atoms with Crippen molar-refractivity contribution >= 4 is 5.69 Å². The molecule has 0 aliphatic heterocycles. The van der Waals surface area contributed by atoms with E-state index < -0.39 is 0 Å². The molecule has 1 rings (SSSR count). The first kappa shape index (κ1) is 12.1. The van der Waals surface area contributed by atoms with Gasteiger partial charge in [-0.3, -0.25) is 0 Å².